The summed E-state index contributed by atoms with van der Waals surface area (Å²) in [6, 6.07) is 6.29. The van der Waals surface area contributed by atoms with E-state index in [1.54, 1.807) is 11.3 Å². The summed E-state index contributed by atoms with van der Waals surface area (Å²) in [7, 11) is 2.06. The Labute approximate surface area is 106 Å². The van der Waals surface area contributed by atoms with Crippen LogP contribution >= 0.6 is 11.3 Å². The fourth-order valence-corrected chi connectivity index (χ4v) is 2.35. The highest BCUT2D eigenvalue weighted by Crippen LogP contribution is 2.14. The van der Waals surface area contributed by atoms with Gasteiger partial charge in [-0.05, 0) is 47.0 Å². The van der Waals surface area contributed by atoms with Crippen molar-refractivity contribution >= 4 is 17.2 Å². The summed E-state index contributed by atoms with van der Waals surface area (Å²) in [6.07, 6.45) is 2.80. The van der Waals surface area contributed by atoms with Gasteiger partial charge in [0.1, 0.15) is 5.82 Å². The van der Waals surface area contributed by atoms with E-state index in [4.69, 9.17) is 5.73 Å². The Morgan fingerprint density at radius 2 is 2.18 bits per heavy atom. The Hall–Kier alpha value is -1.39. The summed E-state index contributed by atoms with van der Waals surface area (Å²) in [5, 5.41) is 4.26. The van der Waals surface area contributed by atoms with Crippen LogP contribution in [0.4, 0.5) is 5.82 Å². The number of hydrogen-bond donors (Lipinski definition) is 1. The molecule has 0 amide bonds. The lowest BCUT2D eigenvalue weighted by atomic mass is 10.2. The molecule has 0 unspecified atom stereocenters. The predicted molar refractivity (Wildman–Crippen MR) is 73.4 cm³/mol. The smallest absolute Gasteiger partial charge is 0.128 e. The molecule has 2 heterocycles. The fourth-order valence-electron chi connectivity index (χ4n) is 1.69. The number of thiophene rings is 1. The van der Waals surface area contributed by atoms with Gasteiger partial charge in [0, 0.05) is 19.8 Å². The molecule has 0 radical (unpaired) electrons. The van der Waals surface area contributed by atoms with Gasteiger partial charge in [0.25, 0.3) is 0 Å². The van der Waals surface area contributed by atoms with Crippen LogP contribution in [0.3, 0.4) is 0 Å². The van der Waals surface area contributed by atoms with Crippen molar-refractivity contribution in [3.05, 3.63) is 46.3 Å². The zero-order chi connectivity index (χ0) is 12.1. The van der Waals surface area contributed by atoms with Crippen molar-refractivity contribution in [1.82, 2.24) is 4.98 Å². The summed E-state index contributed by atoms with van der Waals surface area (Å²) in [5.41, 5.74) is 8.03. The Balaban J connectivity index is 2.01. The second-order valence-electron chi connectivity index (χ2n) is 4.05. The lowest BCUT2D eigenvalue weighted by Gasteiger charge is -2.17. The van der Waals surface area contributed by atoms with Gasteiger partial charge in [-0.1, -0.05) is 6.07 Å². The first kappa shape index (κ1) is 12.1. The van der Waals surface area contributed by atoms with Crippen LogP contribution in [0.15, 0.2) is 35.2 Å². The Kier molecular flexibility index (Phi) is 4.12. The van der Waals surface area contributed by atoms with E-state index in [1.807, 2.05) is 6.20 Å². The number of nitrogens with zero attached hydrogens (tertiary/aromatic N) is 2. The van der Waals surface area contributed by atoms with Crippen LogP contribution in [0.1, 0.15) is 11.1 Å². The van der Waals surface area contributed by atoms with Crippen LogP contribution < -0.4 is 10.6 Å². The minimum Gasteiger partial charge on any atom is -0.355 e. The predicted octanol–water partition coefficient (Wildman–Crippen LogP) is 2.28. The molecule has 17 heavy (non-hydrogen) atoms. The van der Waals surface area contributed by atoms with E-state index in [9.17, 15) is 0 Å². The molecule has 0 aliphatic rings. The molecule has 3 nitrogen and oxygen atoms in total. The molecule has 2 rings (SSSR count). The SMILES string of the molecule is CN(Cc1ccsc1)c1ccc(CCN)cn1. The van der Waals surface area contributed by atoms with E-state index < -0.39 is 0 Å². The fraction of sp³-hybridized carbons (Fsp3) is 0.308. The lowest BCUT2D eigenvalue weighted by molar-refractivity contribution is 0.892. The molecule has 2 N–H and O–H groups in total. The number of nitrogens with two attached hydrogens (primary N) is 1. The van der Waals surface area contributed by atoms with E-state index in [0.717, 1.165) is 18.8 Å². The van der Waals surface area contributed by atoms with Gasteiger partial charge in [-0.25, -0.2) is 4.98 Å². The van der Waals surface area contributed by atoms with E-state index in [2.05, 4.69) is 45.9 Å². The highest BCUT2D eigenvalue weighted by molar-refractivity contribution is 7.07. The molecule has 0 saturated heterocycles. The molecule has 0 aliphatic heterocycles. The van der Waals surface area contributed by atoms with Gasteiger partial charge in [0.05, 0.1) is 0 Å². The average Bonchev–Trinajstić information content (AvgIpc) is 2.83. The molecular weight excluding hydrogens is 230 g/mol. The first-order valence-electron chi connectivity index (χ1n) is 5.67. The first-order chi connectivity index (χ1) is 8.29. The molecule has 2 aromatic heterocycles. The van der Waals surface area contributed by atoms with Crippen molar-refractivity contribution in [2.75, 3.05) is 18.5 Å². The van der Waals surface area contributed by atoms with E-state index >= 15 is 0 Å². The van der Waals surface area contributed by atoms with Crippen LogP contribution in [0.5, 0.6) is 0 Å². The Morgan fingerprint density at radius 1 is 1.29 bits per heavy atom. The Bertz CT molecular complexity index is 436. The van der Waals surface area contributed by atoms with Gasteiger partial charge in [0.2, 0.25) is 0 Å². The maximum absolute atomic E-state index is 5.51. The Morgan fingerprint density at radius 3 is 2.76 bits per heavy atom. The van der Waals surface area contributed by atoms with Crippen LogP contribution in [0.2, 0.25) is 0 Å². The minimum atomic E-state index is 0.672. The molecule has 0 aromatic carbocycles. The lowest BCUT2D eigenvalue weighted by Crippen LogP contribution is -2.17. The largest absolute Gasteiger partial charge is 0.355 e. The maximum Gasteiger partial charge on any atom is 0.128 e. The average molecular weight is 247 g/mol. The van der Waals surface area contributed by atoms with Gasteiger partial charge < -0.3 is 10.6 Å². The van der Waals surface area contributed by atoms with Crippen LogP contribution in [-0.4, -0.2) is 18.6 Å². The van der Waals surface area contributed by atoms with E-state index in [0.29, 0.717) is 6.54 Å². The quantitative estimate of drug-likeness (QED) is 0.881. The third-order valence-electron chi connectivity index (χ3n) is 2.63. The summed E-state index contributed by atoms with van der Waals surface area (Å²) < 4.78 is 0. The molecule has 4 heteroatoms. The van der Waals surface area contributed by atoms with Gasteiger partial charge >= 0.3 is 0 Å². The third kappa shape index (κ3) is 3.28. The second kappa shape index (κ2) is 5.80. The van der Waals surface area contributed by atoms with Crippen molar-refractivity contribution < 1.29 is 0 Å². The standard InChI is InChI=1S/C13H17N3S/c1-16(9-12-5-7-17-10-12)13-3-2-11(4-6-14)8-15-13/h2-3,5,7-8,10H,4,6,9,14H2,1H3. The summed E-state index contributed by atoms with van der Waals surface area (Å²) in [6.45, 7) is 1.57. The topological polar surface area (TPSA) is 42.1 Å². The van der Waals surface area contributed by atoms with E-state index in [-0.39, 0.29) is 0 Å². The monoisotopic (exact) mass is 247 g/mol. The van der Waals surface area contributed by atoms with Crippen molar-refractivity contribution in [3.63, 3.8) is 0 Å². The van der Waals surface area contributed by atoms with Gasteiger partial charge in [-0.2, -0.15) is 11.3 Å². The molecule has 2 aromatic rings. The van der Waals surface area contributed by atoms with Crippen molar-refractivity contribution in [1.29, 1.82) is 0 Å². The highest BCUT2D eigenvalue weighted by atomic mass is 32.1. The minimum absolute atomic E-state index is 0.672. The van der Waals surface area contributed by atoms with Crippen LogP contribution in [0, 0.1) is 0 Å². The van der Waals surface area contributed by atoms with Gasteiger partial charge in [-0.3, -0.25) is 0 Å². The highest BCUT2D eigenvalue weighted by Gasteiger charge is 2.03. The normalized spacial score (nSPS) is 10.5. The number of anilines is 1. The van der Waals surface area contributed by atoms with Crippen molar-refractivity contribution in [2.45, 2.75) is 13.0 Å². The van der Waals surface area contributed by atoms with Crippen LogP contribution in [0.25, 0.3) is 0 Å². The second-order valence-corrected chi connectivity index (χ2v) is 4.83. The molecule has 0 fully saturated rings. The first-order valence-corrected chi connectivity index (χ1v) is 6.61. The summed E-state index contributed by atoms with van der Waals surface area (Å²) >= 11 is 1.72. The number of hydrogen-bond acceptors (Lipinski definition) is 4. The molecule has 0 bridgehead atoms. The summed E-state index contributed by atoms with van der Waals surface area (Å²) in [5.74, 6) is 0.997. The third-order valence-corrected chi connectivity index (χ3v) is 3.37. The van der Waals surface area contributed by atoms with Crippen molar-refractivity contribution in [3.8, 4) is 0 Å². The van der Waals surface area contributed by atoms with Gasteiger partial charge in [-0.15, -0.1) is 0 Å². The maximum atomic E-state index is 5.51. The molecule has 0 aliphatic carbocycles. The number of aromatic nitrogens is 1. The van der Waals surface area contributed by atoms with Gasteiger partial charge in [0.15, 0.2) is 0 Å². The molecule has 0 spiro atoms. The van der Waals surface area contributed by atoms with Crippen molar-refractivity contribution in [2.24, 2.45) is 5.73 Å². The zero-order valence-electron chi connectivity index (χ0n) is 9.97. The molecule has 0 atom stereocenters. The van der Waals surface area contributed by atoms with Crippen LogP contribution in [-0.2, 0) is 13.0 Å². The molecule has 0 saturated carbocycles. The number of pyridine rings is 1. The molecular formula is C13H17N3S. The van der Waals surface area contributed by atoms with E-state index in [1.165, 1.54) is 11.1 Å². The zero-order valence-corrected chi connectivity index (χ0v) is 10.8. The summed E-state index contributed by atoms with van der Waals surface area (Å²) in [4.78, 5) is 6.60. The molecule has 90 valence electrons. The number of rotatable bonds is 5.